The Kier molecular flexibility index (Phi) is 5.39. The number of nitrogens with one attached hydrogen (secondary N) is 2. The third-order valence-corrected chi connectivity index (χ3v) is 5.12. The van der Waals surface area contributed by atoms with Crippen LogP contribution in [0.3, 0.4) is 0 Å². The molecule has 0 aliphatic rings. The van der Waals surface area contributed by atoms with E-state index in [1.807, 2.05) is 46.6 Å². The minimum Gasteiger partial charge on any atom is -0.345 e. The van der Waals surface area contributed by atoms with Crippen molar-refractivity contribution in [2.24, 2.45) is 0 Å². The molecule has 2 amide bonds. The highest BCUT2D eigenvalue weighted by Crippen LogP contribution is 2.21. The third kappa shape index (κ3) is 4.09. The molecule has 2 N–H and O–H groups in total. The molecule has 1 unspecified atom stereocenters. The highest BCUT2D eigenvalue weighted by molar-refractivity contribution is 7.10. The maximum Gasteiger partial charge on any atom is 0.309 e. The number of thiophene rings is 2. The lowest BCUT2D eigenvalue weighted by Gasteiger charge is -2.16. The van der Waals surface area contributed by atoms with Gasteiger partial charge in [0, 0.05) is 30.4 Å². The third-order valence-electron chi connectivity index (χ3n) is 3.41. The molecule has 1 atom stereocenters. The Balaban J connectivity index is 1.56. The van der Waals surface area contributed by atoms with Gasteiger partial charge in [0.1, 0.15) is 6.04 Å². The number of amides is 2. The van der Waals surface area contributed by atoms with Gasteiger partial charge in [-0.15, -0.1) is 11.3 Å². The van der Waals surface area contributed by atoms with Crippen molar-refractivity contribution in [3.63, 3.8) is 0 Å². The molecule has 3 aromatic rings. The first-order valence-corrected chi connectivity index (χ1v) is 9.16. The Bertz CT molecular complexity index is 733. The molecule has 3 heterocycles. The smallest absolute Gasteiger partial charge is 0.309 e. The Morgan fingerprint density at radius 2 is 2.04 bits per heavy atom. The molecule has 0 radical (unpaired) electrons. The van der Waals surface area contributed by atoms with Crippen LogP contribution in [0.15, 0.2) is 52.8 Å². The zero-order valence-electron chi connectivity index (χ0n) is 12.7. The van der Waals surface area contributed by atoms with E-state index in [9.17, 15) is 9.59 Å². The summed E-state index contributed by atoms with van der Waals surface area (Å²) in [4.78, 5) is 25.0. The SMILES string of the molecule is O=C(NCc1ccsc1)C(=O)NCC(c1cccs1)n1cccn1. The van der Waals surface area contributed by atoms with Crippen LogP contribution in [0, 0.1) is 0 Å². The van der Waals surface area contributed by atoms with Crippen molar-refractivity contribution in [2.45, 2.75) is 12.6 Å². The van der Waals surface area contributed by atoms with E-state index in [0.29, 0.717) is 13.1 Å². The number of carbonyl (C=O) groups excluding carboxylic acids is 2. The average molecular weight is 360 g/mol. The quantitative estimate of drug-likeness (QED) is 0.661. The van der Waals surface area contributed by atoms with Gasteiger partial charge in [0.05, 0.1) is 0 Å². The predicted molar refractivity (Wildman–Crippen MR) is 93.9 cm³/mol. The molecule has 24 heavy (non-hydrogen) atoms. The van der Waals surface area contributed by atoms with E-state index in [-0.39, 0.29) is 6.04 Å². The summed E-state index contributed by atoms with van der Waals surface area (Å²) in [5, 5.41) is 15.4. The van der Waals surface area contributed by atoms with Crippen molar-refractivity contribution in [3.05, 3.63) is 63.2 Å². The monoisotopic (exact) mass is 360 g/mol. The van der Waals surface area contributed by atoms with Gasteiger partial charge in [0.15, 0.2) is 0 Å². The lowest BCUT2D eigenvalue weighted by Crippen LogP contribution is -2.41. The molecule has 0 saturated carbocycles. The summed E-state index contributed by atoms with van der Waals surface area (Å²) in [5.74, 6) is -1.27. The van der Waals surface area contributed by atoms with Crippen LogP contribution in [0.2, 0.25) is 0 Å². The number of rotatable bonds is 6. The summed E-state index contributed by atoms with van der Waals surface area (Å²) in [6.45, 7) is 0.649. The summed E-state index contributed by atoms with van der Waals surface area (Å²) in [6.07, 6.45) is 3.53. The van der Waals surface area contributed by atoms with Crippen LogP contribution in [0.5, 0.6) is 0 Å². The van der Waals surface area contributed by atoms with Gasteiger partial charge in [-0.1, -0.05) is 6.07 Å². The van der Waals surface area contributed by atoms with Crippen molar-refractivity contribution >= 4 is 34.5 Å². The van der Waals surface area contributed by atoms with Gasteiger partial charge in [0.25, 0.3) is 0 Å². The second-order valence-corrected chi connectivity index (χ2v) is 6.80. The molecule has 0 spiro atoms. The van der Waals surface area contributed by atoms with Crippen LogP contribution < -0.4 is 10.6 Å². The van der Waals surface area contributed by atoms with Crippen LogP contribution >= 0.6 is 22.7 Å². The van der Waals surface area contributed by atoms with E-state index < -0.39 is 11.8 Å². The fourth-order valence-corrected chi connectivity index (χ4v) is 3.68. The number of nitrogens with zero attached hydrogens (tertiary/aromatic N) is 2. The molecular formula is C16H16N4O2S2. The summed E-state index contributed by atoms with van der Waals surface area (Å²) in [5.41, 5.74) is 0.981. The van der Waals surface area contributed by atoms with Gasteiger partial charge < -0.3 is 10.6 Å². The van der Waals surface area contributed by atoms with E-state index in [0.717, 1.165) is 10.4 Å². The normalized spacial score (nSPS) is 11.8. The predicted octanol–water partition coefficient (Wildman–Crippen LogP) is 2.03. The lowest BCUT2D eigenvalue weighted by atomic mass is 10.2. The molecule has 0 fully saturated rings. The van der Waals surface area contributed by atoms with Gasteiger partial charge >= 0.3 is 11.8 Å². The largest absolute Gasteiger partial charge is 0.345 e. The van der Waals surface area contributed by atoms with Gasteiger partial charge in [-0.3, -0.25) is 14.3 Å². The topological polar surface area (TPSA) is 76.0 Å². The summed E-state index contributed by atoms with van der Waals surface area (Å²) < 4.78 is 1.77. The first-order valence-electron chi connectivity index (χ1n) is 7.33. The Hall–Kier alpha value is -2.45. The van der Waals surface area contributed by atoms with Crippen molar-refractivity contribution in [1.82, 2.24) is 20.4 Å². The van der Waals surface area contributed by atoms with Crippen LogP contribution in [0.4, 0.5) is 0 Å². The molecule has 6 nitrogen and oxygen atoms in total. The van der Waals surface area contributed by atoms with Crippen molar-refractivity contribution < 1.29 is 9.59 Å². The van der Waals surface area contributed by atoms with E-state index >= 15 is 0 Å². The number of aromatic nitrogens is 2. The maximum absolute atomic E-state index is 12.0. The molecule has 0 aromatic carbocycles. The zero-order chi connectivity index (χ0) is 16.8. The van der Waals surface area contributed by atoms with Gasteiger partial charge in [-0.25, -0.2) is 0 Å². The van der Waals surface area contributed by atoms with Crippen LogP contribution in [-0.4, -0.2) is 28.1 Å². The second kappa shape index (κ2) is 7.89. The Labute approximate surface area is 147 Å². The minimum atomic E-state index is -0.640. The van der Waals surface area contributed by atoms with Crippen LogP contribution in [0.25, 0.3) is 0 Å². The molecule has 0 saturated heterocycles. The second-order valence-electron chi connectivity index (χ2n) is 5.04. The Morgan fingerprint density at radius 3 is 2.71 bits per heavy atom. The molecule has 0 bridgehead atoms. The van der Waals surface area contributed by atoms with Crippen molar-refractivity contribution in [1.29, 1.82) is 0 Å². The van der Waals surface area contributed by atoms with Crippen LogP contribution in [0.1, 0.15) is 16.5 Å². The molecule has 3 aromatic heterocycles. The number of carbonyl (C=O) groups is 2. The zero-order valence-corrected chi connectivity index (χ0v) is 14.3. The summed E-state index contributed by atoms with van der Waals surface area (Å²) in [6, 6.07) is 7.54. The van der Waals surface area contributed by atoms with Gasteiger partial charge in [-0.2, -0.15) is 16.4 Å². The summed E-state index contributed by atoms with van der Waals surface area (Å²) >= 11 is 3.14. The van der Waals surface area contributed by atoms with E-state index in [4.69, 9.17) is 0 Å². The standard InChI is InChI=1S/C16H16N4O2S2/c21-15(17-9-12-4-8-23-11-12)16(22)18-10-13(14-3-1-7-24-14)20-6-2-5-19-20/h1-8,11,13H,9-10H2,(H,17,21)(H,18,22). The maximum atomic E-state index is 12.0. The Morgan fingerprint density at radius 1 is 1.17 bits per heavy atom. The highest BCUT2D eigenvalue weighted by atomic mass is 32.1. The van der Waals surface area contributed by atoms with Crippen molar-refractivity contribution in [2.75, 3.05) is 6.54 Å². The summed E-state index contributed by atoms with van der Waals surface area (Å²) in [7, 11) is 0. The number of hydrogen-bond donors (Lipinski definition) is 2. The molecule has 3 rings (SSSR count). The van der Waals surface area contributed by atoms with Gasteiger partial charge in [0.2, 0.25) is 0 Å². The fraction of sp³-hybridized carbons (Fsp3) is 0.188. The first kappa shape index (κ1) is 16.4. The van der Waals surface area contributed by atoms with E-state index in [1.54, 1.807) is 33.6 Å². The average Bonchev–Trinajstić information content (AvgIpc) is 3.35. The number of hydrogen-bond acceptors (Lipinski definition) is 5. The van der Waals surface area contributed by atoms with E-state index in [1.165, 1.54) is 0 Å². The molecular weight excluding hydrogens is 344 g/mol. The lowest BCUT2D eigenvalue weighted by molar-refractivity contribution is -0.139. The van der Waals surface area contributed by atoms with E-state index in [2.05, 4.69) is 15.7 Å². The molecule has 0 aliphatic carbocycles. The highest BCUT2D eigenvalue weighted by Gasteiger charge is 2.19. The molecule has 124 valence electrons. The fourth-order valence-electron chi connectivity index (χ4n) is 2.20. The molecule has 0 aliphatic heterocycles. The van der Waals surface area contributed by atoms with Crippen molar-refractivity contribution in [3.8, 4) is 0 Å². The van der Waals surface area contributed by atoms with Gasteiger partial charge in [-0.05, 0) is 39.9 Å². The van der Waals surface area contributed by atoms with Crippen LogP contribution in [-0.2, 0) is 16.1 Å². The first-order chi connectivity index (χ1) is 11.7. The minimum absolute atomic E-state index is 0.131. The molecule has 8 heteroatoms.